The molecule has 1 fully saturated rings. The summed E-state index contributed by atoms with van der Waals surface area (Å²) in [6.45, 7) is 2.08. The molecule has 8 heteroatoms. The summed E-state index contributed by atoms with van der Waals surface area (Å²) in [5.41, 5.74) is 1.11. The summed E-state index contributed by atoms with van der Waals surface area (Å²) in [5.74, 6) is 1.74. The van der Waals surface area contributed by atoms with Crippen molar-refractivity contribution in [3.05, 3.63) is 35.2 Å². The number of benzene rings is 1. The average molecular weight is 406 g/mol. The maximum atomic E-state index is 6.02. The van der Waals surface area contributed by atoms with Gasteiger partial charge in [0.1, 0.15) is 0 Å². The molecule has 7 nitrogen and oxygen atoms in total. The Hall–Kier alpha value is -2.12. The minimum atomic E-state index is 0.290. The minimum absolute atomic E-state index is 0.290. The third-order valence-corrected chi connectivity index (χ3v) is 5.55. The summed E-state index contributed by atoms with van der Waals surface area (Å²) in [6.07, 6.45) is 6.09. The second-order valence-corrected chi connectivity index (χ2v) is 7.69. The van der Waals surface area contributed by atoms with Crippen LogP contribution in [0.5, 0.6) is 0 Å². The van der Waals surface area contributed by atoms with E-state index < -0.39 is 0 Å². The van der Waals surface area contributed by atoms with Gasteiger partial charge < -0.3 is 19.9 Å². The molecule has 0 amide bonds. The first-order valence-corrected chi connectivity index (χ1v) is 10.0. The average Bonchev–Trinajstić information content (AvgIpc) is 3.37. The number of aromatic nitrogens is 2. The Bertz CT molecular complexity index is 786. The van der Waals surface area contributed by atoms with Crippen LogP contribution < -0.4 is 10.6 Å². The molecule has 0 spiro atoms. The van der Waals surface area contributed by atoms with Gasteiger partial charge in [-0.05, 0) is 36.8 Å². The first kappa shape index (κ1) is 20.6. The van der Waals surface area contributed by atoms with Gasteiger partial charge in [0.15, 0.2) is 5.96 Å². The van der Waals surface area contributed by atoms with E-state index in [-0.39, 0.29) is 5.41 Å². The molecule has 0 atom stereocenters. The van der Waals surface area contributed by atoms with E-state index >= 15 is 0 Å². The highest BCUT2D eigenvalue weighted by Gasteiger charge is 2.33. The third kappa shape index (κ3) is 5.45. The number of nitrogens with zero attached hydrogens (tertiary/aromatic N) is 3. The third-order valence-electron chi connectivity index (χ3n) is 5.31. The van der Waals surface area contributed by atoms with E-state index in [1.165, 1.54) is 25.7 Å². The lowest BCUT2D eigenvalue weighted by molar-refractivity contribution is 0.138. The smallest absolute Gasteiger partial charge is 0.246 e. The van der Waals surface area contributed by atoms with Crippen molar-refractivity contribution in [1.82, 2.24) is 20.8 Å². The maximum absolute atomic E-state index is 6.02. The molecule has 3 rings (SSSR count). The molecule has 0 radical (unpaired) electrons. The highest BCUT2D eigenvalue weighted by molar-refractivity contribution is 6.30. The molecule has 0 aliphatic heterocycles. The van der Waals surface area contributed by atoms with Crippen molar-refractivity contribution in [3.63, 3.8) is 0 Å². The zero-order chi connectivity index (χ0) is 19.8. The van der Waals surface area contributed by atoms with Crippen LogP contribution in [-0.2, 0) is 11.3 Å². The lowest BCUT2D eigenvalue weighted by atomic mass is 9.83. The summed E-state index contributed by atoms with van der Waals surface area (Å²) in [4.78, 5) is 8.73. The summed E-state index contributed by atoms with van der Waals surface area (Å²) < 4.78 is 10.6. The molecule has 1 saturated carbocycles. The molecule has 1 aromatic heterocycles. The fourth-order valence-corrected chi connectivity index (χ4v) is 3.87. The molecule has 1 heterocycles. The Morgan fingerprint density at radius 3 is 2.86 bits per heavy atom. The van der Waals surface area contributed by atoms with Gasteiger partial charge >= 0.3 is 0 Å². The summed E-state index contributed by atoms with van der Waals surface area (Å²) in [7, 11) is 3.52. The number of aliphatic imine (C=N–C) groups is 1. The highest BCUT2D eigenvalue weighted by atomic mass is 35.5. The van der Waals surface area contributed by atoms with E-state index in [1.54, 1.807) is 14.2 Å². The van der Waals surface area contributed by atoms with Crippen LogP contribution in [0.3, 0.4) is 0 Å². The fourth-order valence-electron chi connectivity index (χ4n) is 3.68. The van der Waals surface area contributed by atoms with E-state index in [0.717, 1.165) is 31.1 Å². The number of rotatable bonds is 8. The highest BCUT2D eigenvalue weighted by Crippen LogP contribution is 2.40. The molecule has 0 bridgehead atoms. The Balaban J connectivity index is 1.53. The molecule has 2 N–H and O–H groups in total. The molecule has 152 valence electrons. The van der Waals surface area contributed by atoms with E-state index in [0.29, 0.717) is 23.3 Å². The molecule has 0 saturated heterocycles. The number of ether oxygens (including phenoxy) is 1. The number of methoxy groups -OCH3 is 1. The molecule has 1 aliphatic carbocycles. The van der Waals surface area contributed by atoms with Crippen molar-refractivity contribution in [3.8, 4) is 11.4 Å². The first-order valence-electron chi connectivity index (χ1n) is 9.66. The van der Waals surface area contributed by atoms with Crippen LogP contribution in [0, 0.1) is 5.41 Å². The number of hydrogen-bond donors (Lipinski definition) is 2. The van der Waals surface area contributed by atoms with Crippen molar-refractivity contribution in [2.45, 2.75) is 38.6 Å². The van der Waals surface area contributed by atoms with Crippen LogP contribution in [0.25, 0.3) is 11.4 Å². The second kappa shape index (κ2) is 9.89. The van der Waals surface area contributed by atoms with E-state index in [4.69, 9.17) is 20.9 Å². The van der Waals surface area contributed by atoms with Gasteiger partial charge in [0, 0.05) is 37.9 Å². The summed E-state index contributed by atoms with van der Waals surface area (Å²) in [5, 5.41) is 11.4. The molecule has 0 unspecified atom stereocenters. The Morgan fingerprint density at radius 2 is 2.14 bits per heavy atom. The van der Waals surface area contributed by atoms with E-state index in [1.807, 2.05) is 24.3 Å². The van der Waals surface area contributed by atoms with Crippen LogP contribution in [0.4, 0.5) is 0 Å². The van der Waals surface area contributed by atoms with Gasteiger partial charge in [-0.2, -0.15) is 4.98 Å². The molecular weight excluding hydrogens is 378 g/mol. The van der Waals surface area contributed by atoms with Crippen molar-refractivity contribution in [1.29, 1.82) is 0 Å². The predicted octanol–water partition coefficient (Wildman–Crippen LogP) is 3.65. The zero-order valence-electron chi connectivity index (χ0n) is 16.5. The first-order chi connectivity index (χ1) is 13.6. The molecule has 1 aliphatic rings. The standard InChI is InChI=1S/C20H28ClN5O2/c1-22-19(24-14-20(10-11-27-2)8-3-4-9-20)23-13-17-25-18(26-28-17)15-6-5-7-16(21)12-15/h5-7,12H,3-4,8-11,13-14H2,1-2H3,(H2,22,23,24). The molecule has 2 aromatic rings. The molecular formula is C20H28ClN5O2. The van der Waals surface area contributed by atoms with Crippen LogP contribution in [0.1, 0.15) is 38.0 Å². The predicted molar refractivity (Wildman–Crippen MR) is 110 cm³/mol. The van der Waals surface area contributed by atoms with Gasteiger partial charge in [-0.1, -0.05) is 41.7 Å². The summed E-state index contributed by atoms with van der Waals surface area (Å²) >= 11 is 6.02. The van der Waals surface area contributed by atoms with Crippen molar-refractivity contribution in [2.75, 3.05) is 27.3 Å². The summed E-state index contributed by atoms with van der Waals surface area (Å²) in [6, 6.07) is 7.38. The van der Waals surface area contributed by atoms with E-state index in [9.17, 15) is 0 Å². The van der Waals surface area contributed by atoms with Gasteiger partial charge in [-0.3, -0.25) is 4.99 Å². The molecule has 1 aromatic carbocycles. The van der Waals surface area contributed by atoms with E-state index in [2.05, 4.69) is 25.8 Å². The monoisotopic (exact) mass is 405 g/mol. The van der Waals surface area contributed by atoms with Gasteiger partial charge in [0.25, 0.3) is 0 Å². The Morgan fingerprint density at radius 1 is 1.32 bits per heavy atom. The van der Waals surface area contributed by atoms with Crippen molar-refractivity contribution < 1.29 is 9.26 Å². The second-order valence-electron chi connectivity index (χ2n) is 7.25. The van der Waals surface area contributed by atoms with Crippen molar-refractivity contribution in [2.24, 2.45) is 10.4 Å². The Labute approximate surface area is 170 Å². The normalized spacial score (nSPS) is 16.3. The topological polar surface area (TPSA) is 84.6 Å². The number of nitrogens with one attached hydrogen (secondary N) is 2. The minimum Gasteiger partial charge on any atom is -0.385 e. The van der Waals surface area contributed by atoms with Crippen LogP contribution >= 0.6 is 11.6 Å². The Kier molecular flexibility index (Phi) is 7.28. The van der Waals surface area contributed by atoms with Crippen molar-refractivity contribution >= 4 is 17.6 Å². The van der Waals surface area contributed by atoms with Gasteiger partial charge in [-0.15, -0.1) is 0 Å². The largest absolute Gasteiger partial charge is 0.385 e. The zero-order valence-corrected chi connectivity index (χ0v) is 17.3. The fraction of sp³-hybridized carbons (Fsp3) is 0.550. The van der Waals surface area contributed by atoms with Gasteiger partial charge in [0.2, 0.25) is 11.7 Å². The maximum Gasteiger partial charge on any atom is 0.246 e. The van der Waals surface area contributed by atoms with Gasteiger partial charge in [0.05, 0.1) is 6.54 Å². The van der Waals surface area contributed by atoms with Gasteiger partial charge in [-0.25, -0.2) is 0 Å². The van der Waals surface area contributed by atoms with Crippen LogP contribution in [0.2, 0.25) is 5.02 Å². The number of hydrogen-bond acceptors (Lipinski definition) is 5. The number of guanidine groups is 1. The van der Waals surface area contributed by atoms with Crippen LogP contribution in [0.15, 0.2) is 33.8 Å². The quantitative estimate of drug-likeness (QED) is 0.515. The molecule has 28 heavy (non-hydrogen) atoms. The SMILES string of the molecule is CN=C(NCc1nc(-c2cccc(Cl)c2)no1)NCC1(CCOC)CCCC1. The lowest BCUT2D eigenvalue weighted by Gasteiger charge is -2.29. The lowest BCUT2D eigenvalue weighted by Crippen LogP contribution is -2.43. The van der Waals surface area contributed by atoms with Crippen LogP contribution in [-0.4, -0.2) is 43.4 Å². The number of halogens is 1.